The quantitative estimate of drug-likeness (QED) is 0.161. The molecule has 0 fully saturated rings. The van der Waals surface area contributed by atoms with E-state index < -0.39 is 16.4 Å². The Kier molecular flexibility index (Phi) is 17.7. The van der Waals surface area contributed by atoms with Gasteiger partial charge in [-0.25, -0.2) is 0 Å². The number of halogens is 2. The van der Waals surface area contributed by atoms with Crippen LogP contribution in [0.25, 0.3) is 0 Å². The first-order valence-corrected chi connectivity index (χ1v) is 12.6. The zero-order valence-electron chi connectivity index (χ0n) is 24.0. The van der Waals surface area contributed by atoms with E-state index in [1.54, 1.807) is 12.1 Å². The summed E-state index contributed by atoms with van der Waals surface area (Å²) < 4.78 is 12.4. The maximum Gasteiger partial charge on any atom is 1.00 e. The molecule has 0 aliphatic carbocycles. The van der Waals surface area contributed by atoms with E-state index in [9.17, 15) is 24.6 Å². The molecule has 0 bridgehead atoms. The number of anilines is 1. The topological polar surface area (TPSA) is 112 Å². The van der Waals surface area contributed by atoms with Crippen LogP contribution in [0.15, 0.2) is 97.1 Å². The van der Waals surface area contributed by atoms with Gasteiger partial charge in [-0.05, 0) is 40.7 Å². The molecule has 0 aromatic heterocycles. The molecule has 0 amide bonds. The number of hydrogen-bond donors (Lipinski definition) is 1. The Morgan fingerprint density at radius 2 is 1.07 bits per heavy atom. The molecule has 0 atom stereocenters. The second kappa shape index (κ2) is 19.2. The number of rotatable bonds is 6. The minimum Gasteiger partial charge on any atom is -1.00 e. The third-order valence-corrected chi connectivity index (χ3v) is 5.91. The van der Waals surface area contributed by atoms with Crippen molar-refractivity contribution in [1.82, 2.24) is 0 Å². The monoisotopic (exact) mass is 589 g/mol. The van der Waals surface area contributed by atoms with Crippen LogP contribution in [0.4, 0.5) is 21.5 Å². The van der Waals surface area contributed by atoms with E-state index in [1.165, 1.54) is 23.3 Å². The number of nitrogens with zero attached hydrogens (tertiary/aromatic N) is 2. The van der Waals surface area contributed by atoms with Crippen LogP contribution >= 0.6 is 0 Å². The molecule has 0 saturated heterocycles. The Morgan fingerprint density at radius 3 is 1.51 bits per heavy atom. The average molecular weight is 590 g/mol. The first-order chi connectivity index (χ1) is 18.5. The molecule has 212 valence electrons. The number of nitro benzene ring substituents is 2. The van der Waals surface area contributed by atoms with E-state index >= 15 is 0 Å². The fraction of sp³-hybridized carbons (Fsp3) is 0.226. The second-order valence-electron chi connectivity index (χ2n) is 9.41. The van der Waals surface area contributed by atoms with E-state index in [-0.39, 0.29) is 66.7 Å². The minimum absolute atomic E-state index is 0. The molecule has 0 aliphatic rings. The molecule has 7 nitrogen and oxygen atoms in total. The molecule has 2 N–H and O–H groups in total. The Balaban J connectivity index is 0.000000622. The van der Waals surface area contributed by atoms with Crippen LogP contribution in [-0.4, -0.2) is 9.85 Å². The van der Waals surface area contributed by atoms with Crippen LogP contribution in [-0.2, 0) is 6.42 Å². The van der Waals surface area contributed by atoms with Gasteiger partial charge in [0.25, 0.3) is 5.69 Å². The summed E-state index contributed by atoms with van der Waals surface area (Å²) >= 11 is 0. The predicted octanol–water partition coefficient (Wildman–Crippen LogP) is 2.44. The second-order valence-corrected chi connectivity index (χ2v) is 9.41. The Hall–Kier alpha value is -3.02. The molecule has 10 heteroatoms. The van der Waals surface area contributed by atoms with Gasteiger partial charge < -0.3 is 10.4 Å². The van der Waals surface area contributed by atoms with Crippen molar-refractivity contribution < 1.29 is 70.3 Å². The van der Waals surface area contributed by atoms with Crippen molar-refractivity contribution in [2.75, 3.05) is 5.73 Å². The van der Waals surface area contributed by atoms with Gasteiger partial charge in [-0.2, -0.15) is 4.39 Å². The summed E-state index contributed by atoms with van der Waals surface area (Å²) in [5.41, 5.74) is 10.7. The number of hydrogen-bond acceptors (Lipinski definition) is 5. The van der Waals surface area contributed by atoms with Crippen molar-refractivity contribution >= 4 is 17.1 Å². The van der Waals surface area contributed by atoms with Gasteiger partial charge in [-0.15, -0.1) is 0 Å². The number of para-hydroxylation sites is 3. The average Bonchev–Trinajstić information content (AvgIpc) is 2.90. The number of nitrogens with two attached hydrogens (primary N) is 1. The van der Waals surface area contributed by atoms with Crippen LogP contribution in [0.1, 0.15) is 61.8 Å². The third kappa shape index (κ3) is 12.2. The van der Waals surface area contributed by atoms with E-state index in [4.69, 9.17) is 5.73 Å². The zero-order chi connectivity index (χ0) is 28.9. The molecule has 0 unspecified atom stereocenters. The molecule has 4 aromatic carbocycles. The summed E-state index contributed by atoms with van der Waals surface area (Å²) in [5.74, 6) is 0.146. The normalized spacial score (nSPS) is 9.73. The van der Waals surface area contributed by atoms with Gasteiger partial charge in [0.05, 0.1) is 9.85 Å². The van der Waals surface area contributed by atoms with Crippen molar-refractivity contribution in [3.63, 3.8) is 0 Å². The third-order valence-electron chi connectivity index (χ3n) is 5.91. The summed E-state index contributed by atoms with van der Waals surface area (Å²) in [6, 6.07) is 28.1. The van der Waals surface area contributed by atoms with E-state index in [0.29, 0.717) is 18.3 Å². The molecule has 4 aromatic rings. The van der Waals surface area contributed by atoms with E-state index in [2.05, 4.69) is 39.8 Å². The van der Waals surface area contributed by atoms with Crippen LogP contribution in [0.2, 0.25) is 0 Å². The van der Waals surface area contributed by atoms with Crippen molar-refractivity contribution in [3.8, 4) is 0 Å². The van der Waals surface area contributed by atoms with Crippen molar-refractivity contribution in [1.29, 1.82) is 0 Å². The maximum absolute atomic E-state index is 12.4. The first-order valence-electron chi connectivity index (χ1n) is 12.6. The fourth-order valence-electron chi connectivity index (χ4n) is 3.94. The van der Waals surface area contributed by atoms with Crippen molar-refractivity contribution in [3.05, 3.63) is 145 Å². The number of nitrogen functional groups attached to an aromatic ring is 1. The SMILES string of the molecule is CC(C)c1ccccc1Cc1ccccc1[N+](=O)[O-].CC(C)c1ccccc1N.O=[N+]([O-])c1ccccc1F.[F-].[K+]. The molecule has 0 saturated carbocycles. The van der Waals surface area contributed by atoms with Crippen LogP contribution < -0.4 is 61.8 Å². The fourth-order valence-corrected chi connectivity index (χ4v) is 3.94. The summed E-state index contributed by atoms with van der Waals surface area (Å²) in [7, 11) is 0. The summed E-state index contributed by atoms with van der Waals surface area (Å²) in [5, 5.41) is 21.0. The Morgan fingerprint density at radius 1 is 0.659 bits per heavy atom. The van der Waals surface area contributed by atoms with Crippen LogP contribution in [0, 0.1) is 26.0 Å². The van der Waals surface area contributed by atoms with Crippen LogP contribution in [0.5, 0.6) is 0 Å². The van der Waals surface area contributed by atoms with E-state index in [1.807, 2.05) is 48.5 Å². The molecular formula is C31H34F2KN3O4. The summed E-state index contributed by atoms with van der Waals surface area (Å²) in [4.78, 5) is 20.0. The molecule has 0 radical (unpaired) electrons. The molecule has 4 rings (SSSR count). The smallest absolute Gasteiger partial charge is 1.00 e. The summed E-state index contributed by atoms with van der Waals surface area (Å²) in [6.07, 6.45) is 0.603. The van der Waals surface area contributed by atoms with Gasteiger partial charge in [0, 0.05) is 29.8 Å². The molecule has 41 heavy (non-hydrogen) atoms. The standard InChI is InChI=1S/C16H17NO2.C9H13N.C6H4FNO2.FH.K/c1-12(2)15-9-5-3-7-13(15)11-14-8-4-6-10-16(14)17(18)19;1-7(2)8-5-3-4-6-9(8)10;7-5-3-1-2-4-6(5)8(9)10;;/h3-10,12H,11H2,1-2H3;3-7H,10H2,1-2H3;1-4H;1H;/q;;;;+1/p-1. The number of benzene rings is 4. The first kappa shape index (κ1) is 38.0. The number of nitro groups is 2. The molecule has 0 spiro atoms. The van der Waals surface area contributed by atoms with Gasteiger partial charge in [0.2, 0.25) is 5.82 Å². The van der Waals surface area contributed by atoms with Crippen LogP contribution in [0.3, 0.4) is 0 Å². The summed E-state index contributed by atoms with van der Waals surface area (Å²) in [6.45, 7) is 8.56. The molecular weight excluding hydrogens is 555 g/mol. The van der Waals surface area contributed by atoms with Gasteiger partial charge in [0.1, 0.15) is 0 Å². The van der Waals surface area contributed by atoms with Gasteiger partial charge in [0.15, 0.2) is 0 Å². The largest absolute Gasteiger partial charge is 1.00 e. The zero-order valence-corrected chi connectivity index (χ0v) is 27.1. The minimum atomic E-state index is -0.799. The van der Waals surface area contributed by atoms with Crippen molar-refractivity contribution in [2.45, 2.75) is 46.0 Å². The molecule has 0 heterocycles. The van der Waals surface area contributed by atoms with Gasteiger partial charge in [-0.1, -0.05) is 100 Å². The van der Waals surface area contributed by atoms with Crippen molar-refractivity contribution in [2.24, 2.45) is 0 Å². The van der Waals surface area contributed by atoms with E-state index in [0.717, 1.165) is 28.9 Å². The predicted molar refractivity (Wildman–Crippen MR) is 154 cm³/mol. The van der Waals surface area contributed by atoms with Gasteiger partial charge in [-0.3, -0.25) is 20.2 Å². The molecule has 0 aliphatic heterocycles. The Labute approximate surface area is 282 Å². The van der Waals surface area contributed by atoms with Gasteiger partial charge >= 0.3 is 57.1 Å². The maximum atomic E-state index is 12.4. The Bertz CT molecular complexity index is 1400.